The zero-order valence-corrected chi connectivity index (χ0v) is 14.3. The maximum atomic E-state index is 12.6. The molecule has 1 fully saturated rings. The highest BCUT2D eigenvalue weighted by atomic mass is 16.2. The molecule has 2 aromatic carbocycles. The molecule has 1 heterocycles. The minimum absolute atomic E-state index is 0.0835. The first-order chi connectivity index (χ1) is 12.1. The molecule has 2 N–H and O–H groups in total. The second kappa shape index (κ2) is 7.94. The highest BCUT2D eigenvalue weighted by Gasteiger charge is 2.29. The molecule has 1 atom stereocenters. The Kier molecular flexibility index (Phi) is 5.46. The van der Waals surface area contributed by atoms with Gasteiger partial charge in [0.15, 0.2) is 0 Å². The number of nitrogens with zero attached hydrogens (tertiary/aromatic N) is 1. The lowest BCUT2D eigenvalue weighted by Crippen LogP contribution is -2.55. The van der Waals surface area contributed by atoms with Crippen molar-refractivity contribution in [2.45, 2.75) is 18.5 Å². The molecule has 0 spiro atoms. The molecule has 3 rings (SSSR count). The number of piperazine rings is 1. The topological polar surface area (TPSA) is 61.4 Å². The number of hydrogen-bond acceptors (Lipinski definition) is 3. The van der Waals surface area contributed by atoms with Crippen LogP contribution >= 0.6 is 0 Å². The largest absolute Gasteiger partial charge is 0.353 e. The summed E-state index contributed by atoms with van der Waals surface area (Å²) >= 11 is 0. The summed E-state index contributed by atoms with van der Waals surface area (Å²) in [5.74, 6) is -0.216. The van der Waals surface area contributed by atoms with Gasteiger partial charge in [-0.2, -0.15) is 0 Å². The number of hydrogen-bond donors (Lipinski definition) is 2. The van der Waals surface area contributed by atoms with Crippen LogP contribution in [0.1, 0.15) is 23.6 Å². The fourth-order valence-electron chi connectivity index (χ4n) is 3.12. The fraction of sp³-hybridized carbons (Fsp3) is 0.300. The van der Waals surface area contributed by atoms with Crippen molar-refractivity contribution < 1.29 is 9.59 Å². The molecule has 0 unspecified atom stereocenters. The summed E-state index contributed by atoms with van der Waals surface area (Å²) in [4.78, 5) is 26.6. The first-order valence-electron chi connectivity index (χ1n) is 8.52. The number of carbonyl (C=O) groups excluding carboxylic acids is 2. The van der Waals surface area contributed by atoms with E-state index in [2.05, 4.69) is 10.6 Å². The summed E-state index contributed by atoms with van der Waals surface area (Å²) in [7, 11) is 1.88. The van der Waals surface area contributed by atoms with E-state index in [0.29, 0.717) is 6.54 Å². The van der Waals surface area contributed by atoms with Crippen molar-refractivity contribution in [3.8, 4) is 0 Å². The van der Waals surface area contributed by atoms with Crippen molar-refractivity contribution in [3.05, 3.63) is 71.8 Å². The normalized spacial score (nSPS) is 18.0. The highest BCUT2D eigenvalue weighted by molar-refractivity contribution is 5.89. The average Bonchev–Trinajstić information content (AvgIpc) is 2.64. The zero-order chi connectivity index (χ0) is 17.6. The first-order valence-corrected chi connectivity index (χ1v) is 8.52. The van der Waals surface area contributed by atoms with Gasteiger partial charge in [-0.3, -0.25) is 14.5 Å². The number of carbonyl (C=O) groups is 2. The molecule has 5 nitrogen and oxygen atoms in total. The Morgan fingerprint density at radius 3 is 2.20 bits per heavy atom. The molecule has 5 heteroatoms. The van der Waals surface area contributed by atoms with Crippen molar-refractivity contribution in [3.63, 3.8) is 0 Å². The van der Waals surface area contributed by atoms with Gasteiger partial charge in [-0.1, -0.05) is 60.7 Å². The molecule has 2 amide bonds. The average molecular weight is 337 g/mol. The van der Waals surface area contributed by atoms with Crippen LogP contribution in [-0.2, 0) is 9.59 Å². The lowest BCUT2D eigenvalue weighted by molar-refractivity contribution is -0.133. The van der Waals surface area contributed by atoms with E-state index >= 15 is 0 Å². The van der Waals surface area contributed by atoms with E-state index in [0.717, 1.165) is 17.7 Å². The van der Waals surface area contributed by atoms with Crippen LogP contribution in [0.2, 0.25) is 0 Å². The number of rotatable bonds is 5. The van der Waals surface area contributed by atoms with Crippen LogP contribution in [0, 0.1) is 0 Å². The van der Waals surface area contributed by atoms with Gasteiger partial charge < -0.3 is 10.6 Å². The van der Waals surface area contributed by atoms with Crippen LogP contribution in [0.25, 0.3) is 0 Å². The van der Waals surface area contributed by atoms with Crippen molar-refractivity contribution in [1.29, 1.82) is 0 Å². The van der Waals surface area contributed by atoms with Gasteiger partial charge in [-0.05, 0) is 18.2 Å². The summed E-state index contributed by atoms with van der Waals surface area (Å²) < 4.78 is 0. The second-order valence-electron chi connectivity index (χ2n) is 6.31. The van der Waals surface area contributed by atoms with E-state index in [9.17, 15) is 9.59 Å². The minimum Gasteiger partial charge on any atom is -0.353 e. The maximum Gasteiger partial charge on any atom is 0.237 e. The van der Waals surface area contributed by atoms with Gasteiger partial charge in [0.05, 0.1) is 18.5 Å². The Balaban J connectivity index is 1.76. The number of likely N-dealkylation sites (N-methyl/N-ethyl adjacent to an activating group) is 1. The Morgan fingerprint density at radius 2 is 1.68 bits per heavy atom. The molecule has 25 heavy (non-hydrogen) atoms. The van der Waals surface area contributed by atoms with Crippen molar-refractivity contribution in [2.24, 2.45) is 0 Å². The van der Waals surface area contributed by atoms with Gasteiger partial charge >= 0.3 is 0 Å². The summed E-state index contributed by atoms with van der Waals surface area (Å²) in [6.45, 7) is 1.38. The van der Waals surface area contributed by atoms with Crippen LogP contribution in [0.15, 0.2) is 60.7 Å². The molecule has 1 aliphatic rings. The van der Waals surface area contributed by atoms with E-state index < -0.39 is 6.04 Å². The van der Waals surface area contributed by atoms with Crippen molar-refractivity contribution in [2.75, 3.05) is 20.1 Å². The lowest BCUT2D eigenvalue weighted by Gasteiger charge is -2.31. The fourth-order valence-corrected chi connectivity index (χ4v) is 3.12. The van der Waals surface area contributed by atoms with Gasteiger partial charge in [0.25, 0.3) is 0 Å². The second-order valence-corrected chi connectivity index (χ2v) is 6.31. The van der Waals surface area contributed by atoms with Gasteiger partial charge in [-0.25, -0.2) is 0 Å². The Morgan fingerprint density at radius 1 is 1.12 bits per heavy atom. The third kappa shape index (κ3) is 4.25. The predicted molar refractivity (Wildman–Crippen MR) is 96.9 cm³/mol. The van der Waals surface area contributed by atoms with Crippen molar-refractivity contribution in [1.82, 2.24) is 15.5 Å². The monoisotopic (exact) mass is 337 g/mol. The quantitative estimate of drug-likeness (QED) is 0.873. The molecule has 0 radical (unpaired) electrons. The third-order valence-corrected chi connectivity index (χ3v) is 4.55. The molecular weight excluding hydrogens is 314 g/mol. The SMILES string of the molecule is CN1CCNC(=O)[C@@H]1CC(=O)NC(c1ccccc1)c1ccccc1. The maximum absolute atomic E-state index is 12.6. The van der Waals surface area contributed by atoms with Crippen molar-refractivity contribution >= 4 is 11.8 Å². The Labute approximate surface area is 148 Å². The van der Waals surface area contributed by atoms with E-state index in [1.165, 1.54) is 0 Å². The minimum atomic E-state index is -0.416. The molecule has 2 aromatic rings. The summed E-state index contributed by atoms with van der Waals surface area (Å²) in [5.41, 5.74) is 2.03. The molecular formula is C20H23N3O2. The highest BCUT2D eigenvalue weighted by Crippen LogP contribution is 2.22. The molecule has 1 aliphatic heterocycles. The molecule has 0 aliphatic carbocycles. The smallest absolute Gasteiger partial charge is 0.237 e. The summed E-state index contributed by atoms with van der Waals surface area (Å²) in [6, 6.07) is 19.1. The Bertz CT molecular complexity index is 679. The Hall–Kier alpha value is -2.66. The number of amides is 2. The zero-order valence-electron chi connectivity index (χ0n) is 14.3. The van der Waals surface area contributed by atoms with Crippen LogP contribution in [0.5, 0.6) is 0 Å². The molecule has 0 bridgehead atoms. The first kappa shape index (κ1) is 17.2. The molecule has 130 valence electrons. The van der Waals surface area contributed by atoms with Gasteiger partial charge in [0.2, 0.25) is 11.8 Å². The third-order valence-electron chi connectivity index (χ3n) is 4.55. The summed E-state index contributed by atoms with van der Waals surface area (Å²) in [5, 5.41) is 5.92. The molecule has 1 saturated heterocycles. The van der Waals surface area contributed by atoms with Crippen LogP contribution in [0.4, 0.5) is 0 Å². The van der Waals surface area contributed by atoms with Gasteiger partial charge in [0.1, 0.15) is 0 Å². The number of nitrogens with one attached hydrogen (secondary N) is 2. The van der Waals surface area contributed by atoms with E-state index in [4.69, 9.17) is 0 Å². The van der Waals surface area contributed by atoms with E-state index in [1.807, 2.05) is 72.6 Å². The molecule has 0 aromatic heterocycles. The van der Waals surface area contributed by atoms with Gasteiger partial charge in [-0.15, -0.1) is 0 Å². The summed E-state index contributed by atoms with van der Waals surface area (Å²) in [6.07, 6.45) is 0.151. The number of benzene rings is 2. The molecule has 0 saturated carbocycles. The standard InChI is InChI=1S/C20H23N3O2/c1-23-13-12-21-20(25)17(23)14-18(24)22-19(15-8-4-2-5-9-15)16-10-6-3-7-11-16/h2-11,17,19H,12-14H2,1H3,(H,21,25)(H,22,24)/t17-/m0/s1. The predicted octanol–water partition coefficient (Wildman–Crippen LogP) is 1.71. The van der Waals surface area contributed by atoms with E-state index in [1.54, 1.807) is 0 Å². The van der Waals surface area contributed by atoms with Crippen LogP contribution in [-0.4, -0.2) is 42.9 Å². The van der Waals surface area contributed by atoms with Gasteiger partial charge in [0, 0.05) is 13.1 Å². The lowest BCUT2D eigenvalue weighted by atomic mass is 9.98. The van der Waals surface area contributed by atoms with Crippen LogP contribution in [0.3, 0.4) is 0 Å². The van der Waals surface area contributed by atoms with E-state index in [-0.39, 0.29) is 24.3 Å². The van der Waals surface area contributed by atoms with Crippen LogP contribution < -0.4 is 10.6 Å².